The van der Waals surface area contributed by atoms with Crippen LogP contribution in [0.5, 0.6) is 0 Å². The molecule has 2 aliphatic heterocycles. The minimum atomic E-state index is -3.79. The largest absolute Gasteiger partial charge is 0.480 e. The summed E-state index contributed by atoms with van der Waals surface area (Å²) in [5.41, 5.74) is 5.26. The third kappa shape index (κ3) is 18.9. The molecule has 6 aromatic rings. The Labute approximate surface area is 490 Å². The Kier molecular flexibility index (Phi) is 24.1. The van der Waals surface area contributed by atoms with Crippen molar-refractivity contribution in [1.82, 2.24) is 28.2 Å². The Morgan fingerprint density at radius 3 is 1.11 bits per heavy atom. The van der Waals surface area contributed by atoms with Crippen LogP contribution in [0.1, 0.15) is 70.9 Å². The van der Waals surface area contributed by atoms with E-state index in [1.54, 1.807) is 9.80 Å². The van der Waals surface area contributed by atoms with Crippen molar-refractivity contribution >= 4 is 43.8 Å². The predicted molar refractivity (Wildman–Crippen MR) is 325 cm³/mol. The van der Waals surface area contributed by atoms with Crippen molar-refractivity contribution in [1.29, 1.82) is 0 Å². The highest BCUT2D eigenvalue weighted by Crippen LogP contribution is 2.33. The topological polar surface area (TPSA) is 202 Å². The van der Waals surface area contributed by atoms with E-state index in [4.69, 9.17) is 0 Å². The van der Waals surface area contributed by atoms with Gasteiger partial charge in [0.15, 0.2) is 5.78 Å². The Bertz CT molecular complexity index is 3340. The van der Waals surface area contributed by atoms with E-state index in [9.17, 15) is 41.1 Å². The van der Waals surface area contributed by atoms with Gasteiger partial charge in [0.25, 0.3) is 10.2 Å². The lowest BCUT2D eigenvalue weighted by molar-refractivity contribution is -0.153. The first-order valence-corrected chi connectivity index (χ1v) is 30.4. The van der Waals surface area contributed by atoms with Crippen LogP contribution in [0.15, 0.2) is 182 Å². The molecule has 2 saturated heterocycles. The summed E-state index contributed by atoms with van der Waals surface area (Å²) in [5, 5.41) is 14.6. The average Bonchev–Trinajstić information content (AvgIpc) is 3.29. The molecular weight excluding hydrogens is 1090 g/mol. The normalized spacial score (nSPS) is 17.1. The van der Waals surface area contributed by atoms with Gasteiger partial charge in [-0.05, 0) is 86.3 Å². The third-order valence-electron chi connectivity index (χ3n) is 14.7. The Balaban J connectivity index is 0.000000241. The first kappa shape index (κ1) is 64.4. The van der Waals surface area contributed by atoms with Crippen LogP contribution in [-0.4, -0.2) is 172 Å². The number of likely N-dealkylation sites (tertiary alicyclic amines) is 2. The van der Waals surface area contributed by atoms with Crippen molar-refractivity contribution in [3.05, 3.63) is 215 Å². The van der Waals surface area contributed by atoms with Crippen LogP contribution < -0.4 is 5.14 Å². The molecule has 3 N–H and O–H groups in total. The maximum absolute atomic E-state index is 14.3. The van der Waals surface area contributed by atoms with Gasteiger partial charge >= 0.3 is 5.97 Å². The van der Waals surface area contributed by atoms with Gasteiger partial charge in [-0.15, -0.1) is 0 Å². The van der Waals surface area contributed by atoms with E-state index in [1.807, 2.05) is 196 Å². The zero-order chi connectivity index (χ0) is 60.1. The van der Waals surface area contributed by atoms with E-state index >= 15 is 0 Å². The fourth-order valence-corrected chi connectivity index (χ4v) is 10.7. The van der Waals surface area contributed by atoms with Crippen LogP contribution in [0.3, 0.4) is 0 Å². The average molecular weight is 1160 g/mol. The summed E-state index contributed by atoms with van der Waals surface area (Å²) in [5.74, 6) is 9.10. The van der Waals surface area contributed by atoms with Crippen LogP contribution in [0.25, 0.3) is 0 Å². The number of piperidine rings is 2. The molecule has 0 aliphatic carbocycles. The van der Waals surface area contributed by atoms with Gasteiger partial charge in [-0.2, -0.15) is 12.7 Å². The summed E-state index contributed by atoms with van der Waals surface area (Å²) in [6.07, 6.45) is 2.07. The summed E-state index contributed by atoms with van der Waals surface area (Å²) in [6, 6.07) is 56.0. The zero-order valence-electron chi connectivity index (χ0n) is 47.9. The number of sulfonamides is 1. The van der Waals surface area contributed by atoms with Gasteiger partial charge in [0, 0.05) is 64.5 Å². The lowest BCUT2D eigenvalue weighted by Crippen LogP contribution is -2.56. The van der Waals surface area contributed by atoms with E-state index in [-0.39, 0.29) is 23.9 Å². The van der Waals surface area contributed by atoms with Crippen molar-refractivity contribution in [2.24, 2.45) is 5.14 Å². The van der Waals surface area contributed by atoms with E-state index in [2.05, 4.69) is 38.6 Å². The standard InChI is InChI=1S/C33H37N3O4S.C30H30N2O3.C2H8N2O2S/c1-34(2)41(39,40)25-31(37)30-24-29(35(3)22-13-16-26-14-7-4-8-15-26)21-23-36(30)33(38)32(27-17-9-5-10-18-27)28-19-11-6-12-20-28;1-31(20-11-14-23-12-5-2-6-13-23)26-19-21-32(27(22-26)30(34)35)29(33)28(24-15-7-3-8-16-24)25-17-9-4-10-18-25;1-4(2)7(3,5)6/h4-12,14-15,17-20,29-30,32H,21-25H2,1-3H3;2-10,12-13,15-18,26-28H,19-22H2,1H3,(H,34,35);1-2H3,(H2,3,5,6)/t29-,30+;26-,27+;/m11./s1. The number of rotatable bonds is 16. The number of amides is 2. The molecule has 0 spiro atoms. The molecule has 0 aromatic heterocycles. The molecule has 436 valence electrons. The fraction of sp³-hybridized carbons (Fsp3) is 0.323. The smallest absolute Gasteiger partial charge is 0.326 e. The predicted octanol–water partition coefficient (Wildman–Crippen LogP) is 6.62. The van der Waals surface area contributed by atoms with Crippen molar-refractivity contribution in [3.8, 4) is 23.7 Å². The number of carbonyl (C=O) groups excluding carboxylic acids is 3. The quantitative estimate of drug-likeness (QED) is 0.0987. The molecule has 16 nitrogen and oxygen atoms in total. The molecule has 2 fully saturated rings. The SMILES string of the molecule is CN(C)S(N)(=O)=O.CN(CC#Cc1ccccc1)[C@@H]1CCN(C(=O)C(c2ccccc2)c2ccccc2)[C@H](C(=O)CS(=O)(=O)N(C)C)C1.CN(CC#Cc1ccccc1)[C@@H]1CCN(C(=O)C(c2ccccc2)c2ccccc2)[C@H](C(=O)O)C1. The molecule has 4 atom stereocenters. The molecule has 0 saturated carbocycles. The minimum Gasteiger partial charge on any atom is -0.480 e. The maximum Gasteiger partial charge on any atom is 0.326 e. The number of carboxylic acid groups (broad SMARTS) is 1. The monoisotopic (exact) mass is 1160 g/mol. The molecule has 2 heterocycles. The van der Waals surface area contributed by atoms with Gasteiger partial charge in [0.05, 0.1) is 31.0 Å². The number of hydrogen-bond acceptors (Lipinski definition) is 10. The third-order valence-corrected chi connectivity index (χ3v) is 17.5. The lowest BCUT2D eigenvalue weighted by atomic mass is 9.87. The van der Waals surface area contributed by atoms with Crippen molar-refractivity contribution in [2.45, 2.75) is 61.7 Å². The van der Waals surface area contributed by atoms with Crippen molar-refractivity contribution in [3.63, 3.8) is 0 Å². The number of nitrogens with two attached hydrogens (primary N) is 1. The Hall–Kier alpha value is -7.78. The number of carboxylic acids is 1. The molecule has 8 rings (SSSR count). The number of nitrogens with zero attached hydrogens (tertiary/aromatic N) is 6. The summed E-state index contributed by atoms with van der Waals surface area (Å²) in [6.45, 7) is 1.76. The first-order valence-electron chi connectivity index (χ1n) is 27.3. The highest BCUT2D eigenvalue weighted by molar-refractivity contribution is 7.89. The number of Topliss-reactive ketones (excluding diaryl/α,β-unsaturated/α-hetero) is 1. The maximum atomic E-state index is 14.3. The summed E-state index contributed by atoms with van der Waals surface area (Å²) >= 11 is 0. The number of carbonyl (C=O) groups is 4. The van der Waals surface area contributed by atoms with Crippen LogP contribution in [0, 0.1) is 23.7 Å². The molecule has 6 aromatic carbocycles. The molecule has 0 unspecified atom stereocenters. The number of benzene rings is 6. The van der Waals surface area contributed by atoms with E-state index < -0.39 is 61.7 Å². The highest BCUT2D eigenvalue weighted by atomic mass is 32.2. The van der Waals surface area contributed by atoms with Gasteiger partial charge in [-0.25, -0.2) is 22.7 Å². The summed E-state index contributed by atoms with van der Waals surface area (Å²) in [7, 11) is 2.29. The van der Waals surface area contributed by atoms with Crippen LogP contribution >= 0.6 is 0 Å². The van der Waals surface area contributed by atoms with E-state index in [0.717, 1.165) is 42.0 Å². The summed E-state index contributed by atoms with van der Waals surface area (Å²) in [4.78, 5) is 61.4. The van der Waals surface area contributed by atoms with Gasteiger partial charge in [-0.1, -0.05) is 181 Å². The molecule has 0 bridgehead atoms. The molecule has 2 amide bonds. The van der Waals surface area contributed by atoms with Crippen LogP contribution in [0.2, 0.25) is 0 Å². The number of aliphatic carboxylic acids is 1. The van der Waals surface area contributed by atoms with Crippen LogP contribution in [-0.2, 0) is 39.4 Å². The molecule has 2 aliphatic rings. The number of hydrogen-bond donors (Lipinski definition) is 2. The highest BCUT2D eigenvalue weighted by Gasteiger charge is 2.43. The second-order valence-electron chi connectivity index (χ2n) is 20.8. The second kappa shape index (κ2) is 31.0. The van der Waals surface area contributed by atoms with Crippen molar-refractivity contribution in [2.75, 3.05) is 74.2 Å². The Morgan fingerprint density at radius 2 is 0.807 bits per heavy atom. The molecular formula is C65H75N7O9S2. The lowest BCUT2D eigenvalue weighted by Gasteiger charge is -2.42. The second-order valence-corrected chi connectivity index (χ2v) is 24.7. The molecule has 18 heteroatoms. The van der Waals surface area contributed by atoms with E-state index in [0.29, 0.717) is 51.9 Å². The fourth-order valence-electron chi connectivity index (χ4n) is 9.87. The van der Waals surface area contributed by atoms with E-state index in [1.165, 1.54) is 28.2 Å². The van der Waals surface area contributed by atoms with Gasteiger partial charge < -0.3 is 14.9 Å². The minimum absolute atomic E-state index is 0.0352. The van der Waals surface area contributed by atoms with Gasteiger partial charge in [0.1, 0.15) is 11.8 Å². The zero-order valence-corrected chi connectivity index (χ0v) is 49.6. The van der Waals surface area contributed by atoms with Crippen LogP contribution in [0.4, 0.5) is 0 Å². The van der Waals surface area contributed by atoms with Gasteiger partial charge in [0.2, 0.25) is 21.8 Å². The van der Waals surface area contributed by atoms with Crippen molar-refractivity contribution < 1.29 is 41.1 Å². The molecule has 0 radical (unpaired) electrons. The Morgan fingerprint density at radius 1 is 0.506 bits per heavy atom. The first-order chi connectivity index (χ1) is 39.7. The van der Waals surface area contributed by atoms with Gasteiger partial charge in [-0.3, -0.25) is 24.2 Å². The molecule has 83 heavy (non-hydrogen) atoms. The number of ketones is 1. The summed E-state index contributed by atoms with van der Waals surface area (Å²) < 4.78 is 47.5.